The highest BCUT2D eigenvalue weighted by Crippen LogP contribution is 2.05. The average molecular weight is 185 g/mol. The highest BCUT2D eigenvalue weighted by Gasteiger charge is 2.13. The third-order valence-electron chi connectivity index (χ3n) is 1.83. The van der Waals surface area contributed by atoms with Crippen molar-refractivity contribution in [3.8, 4) is 0 Å². The third-order valence-corrected chi connectivity index (χ3v) is 1.83. The Morgan fingerprint density at radius 3 is 1.69 bits per heavy atom. The van der Waals surface area contributed by atoms with Gasteiger partial charge in [0.05, 0.1) is 0 Å². The van der Waals surface area contributed by atoms with Crippen molar-refractivity contribution in [1.29, 1.82) is 0 Å². The average Bonchev–Trinajstić information content (AvgIpc) is 2.00. The second-order valence-electron chi connectivity index (χ2n) is 4.44. The molecule has 2 heteroatoms. The topological polar surface area (TPSA) is 20.3 Å². The summed E-state index contributed by atoms with van der Waals surface area (Å²) in [5, 5.41) is 0. The molecule has 0 saturated carbocycles. The van der Waals surface area contributed by atoms with Crippen molar-refractivity contribution in [2.75, 3.05) is 13.1 Å². The van der Waals surface area contributed by atoms with Gasteiger partial charge in [-0.25, -0.2) is 0 Å². The molecule has 0 aromatic rings. The minimum absolute atomic E-state index is 0.280. The summed E-state index contributed by atoms with van der Waals surface area (Å²) in [5.41, 5.74) is 0. The van der Waals surface area contributed by atoms with Crippen LogP contribution in [0.3, 0.4) is 0 Å². The van der Waals surface area contributed by atoms with Gasteiger partial charge in [0.25, 0.3) is 0 Å². The fourth-order valence-corrected chi connectivity index (χ4v) is 1.38. The maximum Gasteiger partial charge on any atom is 0.222 e. The first-order chi connectivity index (χ1) is 5.97. The predicted molar refractivity (Wildman–Crippen MR) is 56.5 cm³/mol. The van der Waals surface area contributed by atoms with Crippen LogP contribution in [0.2, 0.25) is 0 Å². The Labute approximate surface area is 82.3 Å². The van der Waals surface area contributed by atoms with E-state index in [-0.39, 0.29) is 5.91 Å². The van der Waals surface area contributed by atoms with Crippen molar-refractivity contribution in [2.24, 2.45) is 11.8 Å². The van der Waals surface area contributed by atoms with Crippen molar-refractivity contribution >= 4 is 5.91 Å². The Balaban J connectivity index is 4.10. The maximum atomic E-state index is 11.5. The van der Waals surface area contributed by atoms with Crippen LogP contribution < -0.4 is 0 Å². The molecule has 0 aliphatic carbocycles. The lowest BCUT2D eigenvalue weighted by Crippen LogP contribution is -2.36. The maximum absolute atomic E-state index is 11.5. The Morgan fingerprint density at radius 2 is 1.46 bits per heavy atom. The number of nitrogens with zero attached hydrogens (tertiary/aromatic N) is 1. The van der Waals surface area contributed by atoms with E-state index >= 15 is 0 Å². The van der Waals surface area contributed by atoms with Gasteiger partial charge in [0.1, 0.15) is 0 Å². The molecular weight excluding hydrogens is 162 g/mol. The molecule has 0 bridgehead atoms. The largest absolute Gasteiger partial charge is 0.342 e. The van der Waals surface area contributed by atoms with Crippen molar-refractivity contribution < 1.29 is 4.79 Å². The zero-order chi connectivity index (χ0) is 10.4. The van der Waals surface area contributed by atoms with E-state index in [1.54, 1.807) is 0 Å². The van der Waals surface area contributed by atoms with E-state index < -0.39 is 0 Å². The standard InChI is InChI=1S/C11H23NO/c1-6-11(13)12(7-9(2)3)8-10(4)5/h9-10H,6-8H2,1-5H3. The molecule has 13 heavy (non-hydrogen) atoms. The van der Waals surface area contributed by atoms with Crippen LogP contribution in [0.5, 0.6) is 0 Å². The minimum atomic E-state index is 0.280. The summed E-state index contributed by atoms with van der Waals surface area (Å²) in [6.45, 7) is 12.3. The predicted octanol–water partition coefficient (Wildman–Crippen LogP) is 2.54. The van der Waals surface area contributed by atoms with Crippen molar-refractivity contribution in [1.82, 2.24) is 4.90 Å². The fourth-order valence-electron chi connectivity index (χ4n) is 1.38. The number of hydrogen-bond acceptors (Lipinski definition) is 1. The molecule has 0 aliphatic heterocycles. The summed E-state index contributed by atoms with van der Waals surface area (Å²) in [6, 6.07) is 0. The first-order valence-corrected chi connectivity index (χ1v) is 5.25. The van der Waals surface area contributed by atoms with Gasteiger partial charge in [-0.2, -0.15) is 0 Å². The van der Waals surface area contributed by atoms with Crippen LogP contribution >= 0.6 is 0 Å². The van der Waals surface area contributed by atoms with Crippen LogP contribution in [-0.2, 0) is 4.79 Å². The van der Waals surface area contributed by atoms with Crippen LogP contribution in [-0.4, -0.2) is 23.9 Å². The van der Waals surface area contributed by atoms with E-state index in [4.69, 9.17) is 0 Å². The van der Waals surface area contributed by atoms with Crippen LogP contribution in [0.25, 0.3) is 0 Å². The minimum Gasteiger partial charge on any atom is -0.342 e. The monoisotopic (exact) mass is 185 g/mol. The highest BCUT2D eigenvalue weighted by molar-refractivity contribution is 5.75. The van der Waals surface area contributed by atoms with E-state index in [0.717, 1.165) is 13.1 Å². The van der Waals surface area contributed by atoms with Crippen LogP contribution in [0.4, 0.5) is 0 Å². The zero-order valence-electron chi connectivity index (χ0n) is 9.63. The molecule has 0 saturated heterocycles. The smallest absolute Gasteiger partial charge is 0.222 e. The van der Waals surface area contributed by atoms with Gasteiger partial charge in [0, 0.05) is 19.5 Å². The molecule has 0 aliphatic rings. The molecule has 0 rings (SSSR count). The van der Waals surface area contributed by atoms with Gasteiger partial charge >= 0.3 is 0 Å². The molecule has 1 amide bonds. The molecule has 0 atom stereocenters. The molecule has 78 valence electrons. The lowest BCUT2D eigenvalue weighted by molar-refractivity contribution is -0.131. The second kappa shape index (κ2) is 6.01. The van der Waals surface area contributed by atoms with Crippen molar-refractivity contribution in [3.63, 3.8) is 0 Å². The Morgan fingerprint density at radius 1 is 1.08 bits per heavy atom. The summed E-state index contributed by atoms with van der Waals surface area (Å²) < 4.78 is 0. The molecule has 0 spiro atoms. The van der Waals surface area contributed by atoms with Gasteiger partial charge in [-0.1, -0.05) is 34.6 Å². The SMILES string of the molecule is CCC(=O)N(CC(C)C)CC(C)C. The molecule has 2 nitrogen and oxygen atoms in total. The first kappa shape index (κ1) is 12.5. The first-order valence-electron chi connectivity index (χ1n) is 5.25. The lowest BCUT2D eigenvalue weighted by atomic mass is 10.1. The Bertz CT molecular complexity index is 142. The number of rotatable bonds is 5. The van der Waals surface area contributed by atoms with Crippen molar-refractivity contribution in [2.45, 2.75) is 41.0 Å². The summed E-state index contributed by atoms with van der Waals surface area (Å²) in [6.07, 6.45) is 0.624. The van der Waals surface area contributed by atoms with E-state index in [2.05, 4.69) is 27.7 Å². The molecule has 0 aromatic heterocycles. The quantitative estimate of drug-likeness (QED) is 0.644. The molecule has 0 N–H and O–H groups in total. The summed E-state index contributed by atoms with van der Waals surface area (Å²) in [4.78, 5) is 13.5. The molecule has 0 fully saturated rings. The zero-order valence-corrected chi connectivity index (χ0v) is 9.63. The molecule has 0 unspecified atom stereocenters. The van der Waals surface area contributed by atoms with Crippen LogP contribution in [0, 0.1) is 11.8 Å². The van der Waals surface area contributed by atoms with Gasteiger partial charge in [0.15, 0.2) is 0 Å². The summed E-state index contributed by atoms with van der Waals surface area (Å²) in [5.74, 6) is 1.41. The number of amides is 1. The summed E-state index contributed by atoms with van der Waals surface area (Å²) in [7, 11) is 0. The number of carbonyl (C=O) groups excluding carboxylic acids is 1. The Hall–Kier alpha value is -0.530. The van der Waals surface area contributed by atoms with Gasteiger partial charge in [-0.15, -0.1) is 0 Å². The van der Waals surface area contributed by atoms with Crippen LogP contribution in [0.1, 0.15) is 41.0 Å². The molecular formula is C11H23NO. The van der Waals surface area contributed by atoms with Gasteiger partial charge in [-0.3, -0.25) is 4.79 Å². The summed E-state index contributed by atoms with van der Waals surface area (Å²) >= 11 is 0. The molecule has 0 aromatic carbocycles. The highest BCUT2D eigenvalue weighted by atomic mass is 16.2. The van der Waals surface area contributed by atoms with E-state index in [1.807, 2.05) is 11.8 Å². The van der Waals surface area contributed by atoms with E-state index in [1.165, 1.54) is 0 Å². The van der Waals surface area contributed by atoms with E-state index in [0.29, 0.717) is 18.3 Å². The van der Waals surface area contributed by atoms with Gasteiger partial charge < -0.3 is 4.90 Å². The number of hydrogen-bond donors (Lipinski definition) is 0. The third kappa shape index (κ3) is 5.67. The van der Waals surface area contributed by atoms with Gasteiger partial charge in [-0.05, 0) is 11.8 Å². The molecule has 0 radical (unpaired) electrons. The second-order valence-corrected chi connectivity index (χ2v) is 4.44. The lowest BCUT2D eigenvalue weighted by Gasteiger charge is -2.25. The van der Waals surface area contributed by atoms with E-state index in [9.17, 15) is 4.79 Å². The Kier molecular flexibility index (Phi) is 5.76. The van der Waals surface area contributed by atoms with Crippen LogP contribution in [0.15, 0.2) is 0 Å². The molecule has 0 heterocycles. The van der Waals surface area contributed by atoms with Gasteiger partial charge in [0.2, 0.25) is 5.91 Å². The fraction of sp³-hybridized carbons (Fsp3) is 0.909. The normalized spacial score (nSPS) is 11.0. The number of carbonyl (C=O) groups is 1. The van der Waals surface area contributed by atoms with Crippen molar-refractivity contribution in [3.05, 3.63) is 0 Å².